The van der Waals surface area contributed by atoms with Gasteiger partial charge in [-0.3, -0.25) is 14.6 Å². The first kappa shape index (κ1) is 18.5. The van der Waals surface area contributed by atoms with Crippen molar-refractivity contribution in [2.24, 2.45) is 0 Å². The fourth-order valence-electron chi connectivity index (χ4n) is 4.02. The molecular formula is C22H25N3O3. The van der Waals surface area contributed by atoms with E-state index in [1.54, 1.807) is 17.3 Å². The van der Waals surface area contributed by atoms with Gasteiger partial charge in [0.05, 0.1) is 19.2 Å². The van der Waals surface area contributed by atoms with E-state index in [2.05, 4.69) is 4.98 Å². The Morgan fingerprint density at radius 1 is 1.07 bits per heavy atom. The van der Waals surface area contributed by atoms with Crippen LogP contribution in [0.15, 0.2) is 54.9 Å². The van der Waals surface area contributed by atoms with Gasteiger partial charge in [-0.1, -0.05) is 30.3 Å². The number of amides is 2. The lowest BCUT2D eigenvalue weighted by Gasteiger charge is -2.27. The zero-order valence-corrected chi connectivity index (χ0v) is 15.9. The maximum Gasteiger partial charge on any atom is 0.245 e. The number of pyridine rings is 1. The van der Waals surface area contributed by atoms with Gasteiger partial charge in [0.25, 0.3) is 0 Å². The Kier molecular flexibility index (Phi) is 5.55. The molecule has 3 heterocycles. The van der Waals surface area contributed by atoms with E-state index in [4.69, 9.17) is 4.74 Å². The van der Waals surface area contributed by atoms with E-state index >= 15 is 0 Å². The first-order chi connectivity index (χ1) is 13.7. The number of hydrogen-bond donors (Lipinski definition) is 0. The summed E-state index contributed by atoms with van der Waals surface area (Å²) < 4.78 is 6.02. The Morgan fingerprint density at radius 3 is 2.57 bits per heavy atom. The highest BCUT2D eigenvalue weighted by Gasteiger charge is 2.42. The molecule has 2 aliphatic heterocycles. The van der Waals surface area contributed by atoms with E-state index in [1.807, 2.05) is 47.4 Å². The average molecular weight is 379 g/mol. The fraction of sp³-hybridized carbons (Fsp3) is 0.409. The third-order valence-corrected chi connectivity index (χ3v) is 5.42. The second-order valence-electron chi connectivity index (χ2n) is 7.42. The van der Waals surface area contributed by atoms with Crippen molar-refractivity contribution in [3.8, 4) is 5.75 Å². The Hall–Kier alpha value is -2.89. The number of carbonyl (C=O) groups is 2. The lowest BCUT2D eigenvalue weighted by atomic mass is 10.1. The van der Waals surface area contributed by atoms with Gasteiger partial charge in [0.2, 0.25) is 11.8 Å². The second kappa shape index (κ2) is 8.42. The Labute approximate surface area is 165 Å². The monoisotopic (exact) mass is 379 g/mol. The van der Waals surface area contributed by atoms with Crippen LogP contribution in [0.1, 0.15) is 24.8 Å². The van der Waals surface area contributed by atoms with Crippen LogP contribution in [0.3, 0.4) is 0 Å². The smallest absolute Gasteiger partial charge is 0.245 e. The summed E-state index contributed by atoms with van der Waals surface area (Å²) in [5.74, 6) is 0.689. The Morgan fingerprint density at radius 2 is 1.86 bits per heavy atom. The largest absolute Gasteiger partial charge is 0.487 e. The summed E-state index contributed by atoms with van der Waals surface area (Å²) in [6.07, 6.45) is 6.02. The molecule has 0 saturated carbocycles. The van der Waals surface area contributed by atoms with Gasteiger partial charge in [-0.2, -0.15) is 0 Å². The van der Waals surface area contributed by atoms with Gasteiger partial charge in [-0.05, 0) is 30.5 Å². The lowest BCUT2D eigenvalue weighted by molar-refractivity contribution is -0.142. The van der Waals surface area contributed by atoms with Crippen LogP contribution >= 0.6 is 0 Å². The van der Waals surface area contributed by atoms with E-state index in [1.165, 1.54) is 0 Å². The maximum atomic E-state index is 13.1. The van der Waals surface area contributed by atoms with Crippen LogP contribution in [-0.4, -0.2) is 58.4 Å². The number of rotatable bonds is 5. The third kappa shape index (κ3) is 4.16. The molecule has 6 heteroatoms. The van der Waals surface area contributed by atoms with Crippen molar-refractivity contribution in [2.75, 3.05) is 19.6 Å². The van der Waals surface area contributed by atoms with Crippen LogP contribution in [0, 0.1) is 0 Å². The Bertz CT molecular complexity index is 806. The van der Waals surface area contributed by atoms with Crippen LogP contribution in [0.4, 0.5) is 0 Å². The van der Waals surface area contributed by atoms with Gasteiger partial charge < -0.3 is 14.5 Å². The predicted molar refractivity (Wildman–Crippen MR) is 105 cm³/mol. The SMILES string of the molecule is O=C([C@@H]1C[C@H](Oc2cccnc2)CN1C(=O)Cc1ccccc1)N1CCCC1. The van der Waals surface area contributed by atoms with Crippen LogP contribution in [-0.2, 0) is 16.0 Å². The summed E-state index contributed by atoms with van der Waals surface area (Å²) >= 11 is 0. The van der Waals surface area contributed by atoms with Gasteiger partial charge in [0.1, 0.15) is 17.9 Å². The molecule has 2 aromatic rings. The molecule has 2 amide bonds. The number of nitrogens with zero attached hydrogens (tertiary/aromatic N) is 3. The molecule has 146 valence electrons. The molecule has 2 atom stereocenters. The molecule has 0 N–H and O–H groups in total. The minimum absolute atomic E-state index is 0.0268. The van der Waals surface area contributed by atoms with Crippen LogP contribution in [0.2, 0.25) is 0 Å². The molecule has 2 saturated heterocycles. The highest BCUT2D eigenvalue weighted by Crippen LogP contribution is 2.26. The molecule has 2 fully saturated rings. The standard InChI is InChI=1S/C22H25N3O3/c26-21(13-17-7-2-1-3-8-17)25-16-19(28-18-9-6-10-23-15-18)14-20(25)22(27)24-11-4-5-12-24/h1-3,6-10,15,19-20H,4-5,11-14,16H2/t19-,20-/m0/s1. The van der Waals surface area contributed by atoms with Crippen LogP contribution in [0.25, 0.3) is 0 Å². The van der Waals surface area contributed by atoms with Crippen molar-refractivity contribution in [3.05, 3.63) is 60.4 Å². The third-order valence-electron chi connectivity index (χ3n) is 5.42. The molecule has 0 radical (unpaired) electrons. The zero-order chi connectivity index (χ0) is 19.3. The molecular weight excluding hydrogens is 354 g/mol. The molecule has 28 heavy (non-hydrogen) atoms. The maximum absolute atomic E-state index is 13.1. The number of ether oxygens (including phenoxy) is 1. The van der Waals surface area contributed by atoms with E-state index in [9.17, 15) is 9.59 Å². The first-order valence-electron chi connectivity index (χ1n) is 9.89. The van der Waals surface area contributed by atoms with E-state index in [0.717, 1.165) is 31.5 Å². The molecule has 0 aliphatic carbocycles. The summed E-state index contributed by atoms with van der Waals surface area (Å²) in [6.45, 7) is 1.99. The zero-order valence-electron chi connectivity index (χ0n) is 15.9. The molecule has 0 unspecified atom stereocenters. The number of benzene rings is 1. The molecule has 0 bridgehead atoms. The van der Waals surface area contributed by atoms with E-state index < -0.39 is 6.04 Å². The summed E-state index contributed by atoms with van der Waals surface area (Å²) in [5.41, 5.74) is 0.955. The van der Waals surface area contributed by atoms with Crippen LogP contribution in [0.5, 0.6) is 5.75 Å². The average Bonchev–Trinajstić information content (AvgIpc) is 3.39. The topological polar surface area (TPSA) is 62.7 Å². The first-order valence-corrected chi connectivity index (χ1v) is 9.89. The lowest BCUT2D eigenvalue weighted by Crippen LogP contribution is -2.47. The minimum atomic E-state index is -0.448. The van der Waals surface area contributed by atoms with Crippen molar-refractivity contribution in [1.29, 1.82) is 0 Å². The highest BCUT2D eigenvalue weighted by molar-refractivity contribution is 5.89. The van der Waals surface area contributed by atoms with Gasteiger partial charge in [-0.25, -0.2) is 0 Å². The van der Waals surface area contributed by atoms with Gasteiger partial charge >= 0.3 is 0 Å². The number of aromatic nitrogens is 1. The summed E-state index contributed by atoms with van der Waals surface area (Å²) in [6, 6.07) is 12.9. The number of hydrogen-bond acceptors (Lipinski definition) is 4. The van der Waals surface area contributed by atoms with Crippen molar-refractivity contribution < 1.29 is 14.3 Å². The van der Waals surface area contributed by atoms with Crippen molar-refractivity contribution >= 4 is 11.8 Å². The predicted octanol–water partition coefficient (Wildman–Crippen LogP) is 2.29. The molecule has 6 nitrogen and oxygen atoms in total. The van der Waals surface area contributed by atoms with Crippen LogP contribution < -0.4 is 4.74 Å². The van der Waals surface area contributed by atoms with Crippen molar-refractivity contribution in [2.45, 2.75) is 37.8 Å². The molecule has 1 aromatic heterocycles. The fourth-order valence-corrected chi connectivity index (χ4v) is 4.02. The number of likely N-dealkylation sites (tertiary alicyclic amines) is 2. The summed E-state index contributed by atoms with van der Waals surface area (Å²) in [5, 5.41) is 0. The van der Waals surface area contributed by atoms with E-state index in [0.29, 0.717) is 25.1 Å². The summed E-state index contributed by atoms with van der Waals surface area (Å²) in [4.78, 5) is 33.8. The van der Waals surface area contributed by atoms with Gasteiger partial charge in [0, 0.05) is 25.7 Å². The second-order valence-corrected chi connectivity index (χ2v) is 7.42. The minimum Gasteiger partial charge on any atom is -0.487 e. The molecule has 2 aliphatic rings. The summed E-state index contributed by atoms with van der Waals surface area (Å²) in [7, 11) is 0. The quantitative estimate of drug-likeness (QED) is 0.800. The Balaban J connectivity index is 1.50. The van der Waals surface area contributed by atoms with Gasteiger partial charge in [-0.15, -0.1) is 0 Å². The van der Waals surface area contributed by atoms with Crippen molar-refractivity contribution in [1.82, 2.24) is 14.8 Å². The highest BCUT2D eigenvalue weighted by atomic mass is 16.5. The molecule has 1 aromatic carbocycles. The molecule has 4 rings (SSSR count). The van der Waals surface area contributed by atoms with Gasteiger partial charge in [0.15, 0.2) is 0 Å². The molecule has 0 spiro atoms. The number of carbonyl (C=O) groups excluding carboxylic acids is 2. The van der Waals surface area contributed by atoms with Crippen molar-refractivity contribution in [3.63, 3.8) is 0 Å². The normalized spacial score (nSPS) is 21.7. The van der Waals surface area contributed by atoms with E-state index in [-0.39, 0.29) is 17.9 Å².